The SMILES string of the molecule is [2H]C([2H])([2H])N1CC/C(=C\F)[C@](C)(C([2H])([2H])Oc2nc(N3CCOC[C@H]4[C@H](F)[C@H]43)c3cc(F)c(-c4ccc(F)c5sc(N)c(C#N)c45)c(F)c3n2)C1. The molecule has 0 amide bonds. The van der Waals surface area contributed by atoms with E-state index in [2.05, 4.69) is 9.97 Å². The van der Waals surface area contributed by atoms with Crippen molar-refractivity contribution in [1.29, 1.82) is 5.26 Å². The van der Waals surface area contributed by atoms with Gasteiger partial charge in [-0.3, -0.25) is 0 Å². The highest BCUT2D eigenvalue weighted by atomic mass is 32.1. The van der Waals surface area contributed by atoms with Crippen LogP contribution >= 0.6 is 11.3 Å². The number of hydrogen-bond acceptors (Lipinski definition) is 9. The van der Waals surface area contributed by atoms with Crippen molar-refractivity contribution in [3.63, 3.8) is 0 Å². The molecule has 4 atom stereocenters. The molecule has 4 heterocycles. The minimum Gasteiger partial charge on any atom is -0.462 e. The molecule has 2 aromatic heterocycles. The molecule has 1 saturated carbocycles. The third-order valence-corrected chi connectivity index (χ3v) is 9.89. The molecule has 0 radical (unpaired) electrons. The Morgan fingerprint density at radius 1 is 1.30 bits per heavy atom. The average Bonchev–Trinajstić information content (AvgIpc) is 3.64. The standard InChI is InChI=1S/C32H29F5N6O2S/c1-32(13-42(2)6-5-15(32)10-33)14-45-31-40-26-17(30(41-31)43-7-8-44-12-19-24(36)27(19)43)9-21(35)23(25(26)37)16-3-4-20(34)28-22(16)18(11-38)29(39)46-28/h3-4,9-10,19,24,27H,5-8,12-14,39H2,1-2H3/b15-10+/t19-,24-,27-,32-/m0/s1/i2D3,14D2. The molecule has 2 saturated heterocycles. The van der Waals surface area contributed by atoms with Crippen molar-refractivity contribution in [1.82, 2.24) is 14.9 Å². The second-order valence-electron chi connectivity index (χ2n) is 11.7. The van der Waals surface area contributed by atoms with Crippen molar-refractivity contribution in [2.75, 3.05) is 57.0 Å². The normalized spacial score (nSPS) is 28.1. The van der Waals surface area contributed by atoms with Gasteiger partial charge < -0.3 is 25.0 Å². The molecular formula is C32H29F5N6O2S. The Labute approximate surface area is 271 Å². The van der Waals surface area contributed by atoms with Crippen LogP contribution in [0.1, 0.15) is 25.8 Å². The summed E-state index contributed by atoms with van der Waals surface area (Å²) < 4.78 is 130. The van der Waals surface area contributed by atoms with Gasteiger partial charge in [0.2, 0.25) is 0 Å². The quantitative estimate of drug-likeness (QED) is 0.255. The van der Waals surface area contributed by atoms with Crippen LogP contribution in [-0.4, -0.2) is 73.5 Å². The fourth-order valence-corrected chi connectivity index (χ4v) is 7.34. The molecule has 3 aliphatic rings. The van der Waals surface area contributed by atoms with E-state index in [-0.39, 0.29) is 82.0 Å². The number of hydrogen-bond donors (Lipinski definition) is 1. The minimum atomic E-state index is -2.93. The van der Waals surface area contributed by atoms with Crippen LogP contribution in [0.4, 0.5) is 32.8 Å². The summed E-state index contributed by atoms with van der Waals surface area (Å²) in [4.78, 5) is 10.9. The molecule has 4 aromatic rings. The molecule has 0 bridgehead atoms. The summed E-state index contributed by atoms with van der Waals surface area (Å²) in [6.07, 6.45) is -1.32. The maximum atomic E-state index is 16.9. The number of piperidine rings is 1. The second kappa shape index (κ2) is 11.3. The summed E-state index contributed by atoms with van der Waals surface area (Å²) >= 11 is 0.732. The lowest BCUT2D eigenvalue weighted by Crippen LogP contribution is -2.44. The van der Waals surface area contributed by atoms with Gasteiger partial charge in [-0.25, -0.2) is 22.0 Å². The lowest BCUT2D eigenvalue weighted by molar-refractivity contribution is 0.109. The number of nitrogens with two attached hydrogens (primary N) is 1. The van der Waals surface area contributed by atoms with Crippen molar-refractivity contribution in [2.45, 2.75) is 25.6 Å². The van der Waals surface area contributed by atoms with Gasteiger partial charge in [0.1, 0.15) is 46.8 Å². The lowest BCUT2D eigenvalue weighted by atomic mass is 9.78. The molecule has 1 aliphatic carbocycles. The lowest BCUT2D eigenvalue weighted by Gasteiger charge is -2.40. The van der Waals surface area contributed by atoms with E-state index in [1.54, 1.807) is 0 Å². The molecule has 0 unspecified atom stereocenters. The maximum Gasteiger partial charge on any atom is 0.319 e. The largest absolute Gasteiger partial charge is 0.462 e. The topological polar surface area (TPSA) is 101 Å². The van der Waals surface area contributed by atoms with Crippen molar-refractivity contribution in [2.24, 2.45) is 11.3 Å². The molecule has 46 heavy (non-hydrogen) atoms. The molecule has 0 spiro atoms. The number of alkyl halides is 1. The Balaban J connectivity index is 1.43. The summed E-state index contributed by atoms with van der Waals surface area (Å²) in [7, 11) is 0. The summed E-state index contributed by atoms with van der Waals surface area (Å²) in [6, 6.07) is 3.25. The van der Waals surface area contributed by atoms with Crippen LogP contribution in [0.25, 0.3) is 32.1 Å². The molecular weight excluding hydrogens is 627 g/mol. The molecule has 7 rings (SSSR count). The highest BCUT2D eigenvalue weighted by Crippen LogP contribution is 2.47. The van der Waals surface area contributed by atoms with Gasteiger partial charge in [-0.05, 0) is 36.7 Å². The van der Waals surface area contributed by atoms with Crippen molar-refractivity contribution in [3.05, 3.63) is 53.1 Å². The van der Waals surface area contributed by atoms with Crippen molar-refractivity contribution < 1.29 is 38.3 Å². The number of nitrogens with zero attached hydrogens (tertiary/aromatic N) is 5. The van der Waals surface area contributed by atoms with Crippen LogP contribution in [-0.2, 0) is 4.74 Å². The maximum absolute atomic E-state index is 16.9. The van der Waals surface area contributed by atoms with Gasteiger partial charge in [0.05, 0.1) is 44.2 Å². The third kappa shape index (κ3) is 4.83. The zero-order valence-electron chi connectivity index (χ0n) is 29.2. The van der Waals surface area contributed by atoms with Crippen molar-refractivity contribution >= 4 is 43.1 Å². The van der Waals surface area contributed by atoms with E-state index in [0.717, 1.165) is 34.4 Å². The van der Waals surface area contributed by atoms with Crippen LogP contribution in [0.2, 0.25) is 0 Å². The number of benzene rings is 2. The Hall–Kier alpha value is -4.06. The first-order chi connectivity index (χ1) is 24.0. The van der Waals surface area contributed by atoms with Crippen LogP contribution in [0, 0.1) is 40.1 Å². The van der Waals surface area contributed by atoms with Gasteiger partial charge in [0, 0.05) is 45.9 Å². The van der Waals surface area contributed by atoms with Crippen LogP contribution in [0.15, 0.2) is 30.1 Å². The highest BCUT2D eigenvalue weighted by Gasteiger charge is 2.56. The number of nitrogen functional groups attached to an aromatic ring is 1. The van der Waals surface area contributed by atoms with Gasteiger partial charge in [-0.15, -0.1) is 11.3 Å². The second-order valence-corrected chi connectivity index (χ2v) is 12.8. The van der Waals surface area contributed by atoms with E-state index in [1.807, 2.05) is 6.07 Å². The van der Waals surface area contributed by atoms with E-state index < -0.39 is 78.2 Å². The number of fused-ring (bicyclic) bond motifs is 3. The summed E-state index contributed by atoms with van der Waals surface area (Å²) in [5, 5.41) is 9.36. The Kier molecular flexibility index (Phi) is 6.17. The fraction of sp³-hybridized carbons (Fsp3) is 0.406. The zero-order chi connectivity index (χ0) is 36.8. The fourth-order valence-electron chi connectivity index (χ4n) is 6.39. The zero-order valence-corrected chi connectivity index (χ0v) is 25.0. The first-order valence-electron chi connectivity index (χ1n) is 16.9. The Morgan fingerprint density at radius 2 is 2.13 bits per heavy atom. The number of anilines is 2. The number of aromatic nitrogens is 2. The van der Waals surface area contributed by atoms with E-state index in [9.17, 15) is 14.0 Å². The number of rotatable bonds is 5. The summed E-state index contributed by atoms with van der Waals surface area (Å²) in [5.41, 5.74) is 2.26. The smallest absolute Gasteiger partial charge is 0.319 e. The molecule has 14 heteroatoms. The van der Waals surface area contributed by atoms with Crippen LogP contribution in [0.5, 0.6) is 6.01 Å². The molecule has 3 fully saturated rings. The van der Waals surface area contributed by atoms with Crippen LogP contribution in [0.3, 0.4) is 0 Å². The minimum absolute atomic E-state index is 0.0311. The number of likely N-dealkylation sites (tertiary alicyclic amines) is 1. The summed E-state index contributed by atoms with van der Waals surface area (Å²) in [5.74, 6) is -4.00. The monoisotopic (exact) mass is 661 g/mol. The first-order valence-corrected chi connectivity index (χ1v) is 15.2. The van der Waals surface area contributed by atoms with E-state index in [1.165, 1.54) is 11.8 Å². The van der Waals surface area contributed by atoms with E-state index >= 15 is 13.2 Å². The Bertz CT molecular complexity index is 2160. The number of halogens is 5. The predicted octanol–water partition coefficient (Wildman–Crippen LogP) is 6.13. The molecule has 2 N–H and O–H groups in total. The number of nitriles is 1. The van der Waals surface area contributed by atoms with Crippen molar-refractivity contribution in [3.8, 4) is 23.2 Å². The van der Waals surface area contributed by atoms with Crippen LogP contribution < -0.4 is 15.4 Å². The summed E-state index contributed by atoms with van der Waals surface area (Å²) in [6.45, 7) is -4.65. The first kappa shape index (κ1) is 25.1. The molecule has 2 aromatic carbocycles. The molecule has 2 aliphatic heterocycles. The molecule has 240 valence electrons. The highest BCUT2D eigenvalue weighted by molar-refractivity contribution is 7.23. The number of ether oxygens (including phenoxy) is 2. The van der Waals surface area contributed by atoms with Gasteiger partial charge in [0.25, 0.3) is 0 Å². The third-order valence-electron chi connectivity index (χ3n) is 8.86. The predicted molar refractivity (Wildman–Crippen MR) is 165 cm³/mol. The molecule has 8 nitrogen and oxygen atoms in total. The van der Waals surface area contributed by atoms with E-state index in [4.69, 9.17) is 22.1 Å². The van der Waals surface area contributed by atoms with Gasteiger partial charge >= 0.3 is 6.01 Å². The van der Waals surface area contributed by atoms with Gasteiger partial charge in [-0.1, -0.05) is 13.0 Å². The Morgan fingerprint density at radius 3 is 2.89 bits per heavy atom. The average molecular weight is 662 g/mol. The van der Waals surface area contributed by atoms with E-state index in [0.29, 0.717) is 0 Å². The van der Waals surface area contributed by atoms with Gasteiger partial charge in [0.15, 0.2) is 5.82 Å². The number of thiophene rings is 1. The van der Waals surface area contributed by atoms with Gasteiger partial charge in [-0.2, -0.15) is 15.2 Å².